The Morgan fingerprint density at radius 2 is 1.68 bits per heavy atom. The third kappa shape index (κ3) is 3.01. The second kappa shape index (κ2) is 6.91. The fourth-order valence-electron chi connectivity index (χ4n) is 3.75. The van der Waals surface area contributed by atoms with Crippen LogP contribution in [0.25, 0.3) is 10.8 Å². The van der Waals surface area contributed by atoms with Crippen molar-refractivity contribution in [2.75, 3.05) is 4.53 Å². The third-order valence-corrected chi connectivity index (χ3v) is 6.61. The molecule has 144 valence electrons. The van der Waals surface area contributed by atoms with Gasteiger partial charge in [-0.05, 0) is 65.8 Å². The predicted molar refractivity (Wildman–Crippen MR) is 105 cm³/mol. The van der Waals surface area contributed by atoms with E-state index in [0.717, 1.165) is 23.8 Å². The molecule has 0 saturated heterocycles. The first kappa shape index (κ1) is 18.4. The molecule has 4 rings (SSSR count). The smallest absolute Gasteiger partial charge is 0.338 e. The zero-order chi connectivity index (χ0) is 19.9. The molecule has 7 heteroatoms. The standard InChI is InChI=1S/C21H18FNO4S/c22-23(19-12-10-15-6-3-4-8-18(15)20(19)21(24)25)28(26,27)17-11-9-14-5-1-2-7-16(14)13-17/h1-2,5,7,9-13H,3-4,6,8H2,(H,24,25). The van der Waals surface area contributed by atoms with E-state index in [4.69, 9.17) is 0 Å². The summed E-state index contributed by atoms with van der Waals surface area (Å²) in [6.45, 7) is 0. The van der Waals surface area contributed by atoms with Crippen LogP contribution in [-0.2, 0) is 22.9 Å². The highest BCUT2D eigenvalue weighted by atomic mass is 32.2. The Hall–Kier alpha value is -2.93. The molecule has 0 aliphatic heterocycles. The molecular formula is C21H18FNO4S. The van der Waals surface area contributed by atoms with Gasteiger partial charge in [0.2, 0.25) is 0 Å². The largest absolute Gasteiger partial charge is 0.478 e. The highest BCUT2D eigenvalue weighted by Gasteiger charge is 2.32. The zero-order valence-electron chi connectivity index (χ0n) is 14.9. The summed E-state index contributed by atoms with van der Waals surface area (Å²) in [5.41, 5.74) is 0.627. The minimum Gasteiger partial charge on any atom is -0.478 e. The van der Waals surface area contributed by atoms with E-state index in [-0.39, 0.29) is 10.5 Å². The topological polar surface area (TPSA) is 74.7 Å². The minimum atomic E-state index is -4.56. The third-order valence-electron chi connectivity index (χ3n) is 5.14. The van der Waals surface area contributed by atoms with E-state index in [9.17, 15) is 18.3 Å². The summed E-state index contributed by atoms with van der Waals surface area (Å²) in [4.78, 5) is 11.6. The van der Waals surface area contributed by atoms with E-state index >= 15 is 4.48 Å². The second-order valence-electron chi connectivity index (χ2n) is 6.84. The number of benzene rings is 3. The Kier molecular flexibility index (Phi) is 4.55. The van der Waals surface area contributed by atoms with Crippen LogP contribution in [-0.4, -0.2) is 19.5 Å². The van der Waals surface area contributed by atoms with Gasteiger partial charge in [-0.1, -0.05) is 45.4 Å². The molecule has 3 aromatic carbocycles. The number of hydrogen-bond donors (Lipinski definition) is 1. The first-order chi connectivity index (χ1) is 13.4. The Labute approximate surface area is 162 Å². The number of nitrogens with zero attached hydrogens (tertiary/aromatic N) is 1. The summed E-state index contributed by atoms with van der Waals surface area (Å²) in [5.74, 6) is -1.33. The van der Waals surface area contributed by atoms with Gasteiger partial charge in [0, 0.05) is 0 Å². The number of hydrogen-bond acceptors (Lipinski definition) is 3. The average Bonchev–Trinajstić information content (AvgIpc) is 2.71. The maximum atomic E-state index is 15.2. The van der Waals surface area contributed by atoms with Crippen LogP contribution in [0.3, 0.4) is 0 Å². The summed E-state index contributed by atoms with van der Waals surface area (Å²) >= 11 is 0. The Morgan fingerprint density at radius 1 is 0.964 bits per heavy atom. The molecule has 0 radical (unpaired) electrons. The van der Waals surface area contributed by atoms with Gasteiger partial charge in [-0.2, -0.15) is 8.42 Å². The van der Waals surface area contributed by atoms with Gasteiger partial charge in [-0.15, -0.1) is 0 Å². The zero-order valence-corrected chi connectivity index (χ0v) is 15.7. The minimum absolute atomic E-state index is 0.234. The van der Waals surface area contributed by atoms with Crippen molar-refractivity contribution in [2.45, 2.75) is 30.6 Å². The van der Waals surface area contributed by atoms with Crippen molar-refractivity contribution in [3.8, 4) is 0 Å². The number of sulfonamides is 1. The van der Waals surface area contributed by atoms with Crippen LogP contribution in [0.2, 0.25) is 0 Å². The first-order valence-electron chi connectivity index (χ1n) is 8.97. The molecule has 0 atom stereocenters. The number of carboxylic acid groups (broad SMARTS) is 1. The fourth-order valence-corrected chi connectivity index (χ4v) is 4.86. The first-order valence-corrected chi connectivity index (χ1v) is 10.4. The van der Waals surface area contributed by atoms with Gasteiger partial charge in [0.1, 0.15) is 5.69 Å². The lowest BCUT2D eigenvalue weighted by atomic mass is 9.87. The number of carboxylic acids is 1. The van der Waals surface area contributed by atoms with Gasteiger partial charge in [0.05, 0.1) is 10.5 Å². The lowest BCUT2D eigenvalue weighted by molar-refractivity contribution is 0.0695. The van der Waals surface area contributed by atoms with E-state index in [0.29, 0.717) is 23.8 Å². The molecule has 1 N–H and O–H groups in total. The number of aryl methyl sites for hydroxylation is 1. The number of anilines is 1. The van der Waals surface area contributed by atoms with Gasteiger partial charge in [-0.3, -0.25) is 0 Å². The SMILES string of the molecule is O=C(O)c1c(N(F)S(=O)(=O)c2ccc3ccccc3c2)ccc2c1CCCC2. The van der Waals surface area contributed by atoms with E-state index in [1.54, 1.807) is 24.3 Å². The van der Waals surface area contributed by atoms with Crippen LogP contribution in [0.15, 0.2) is 59.5 Å². The number of fused-ring (bicyclic) bond motifs is 2. The van der Waals surface area contributed by atoms with Crippen molar-refractivity contribution < 1.29 is 22.8 Å². The summed E-state index contributed by atoms with van der Waals surface area (Å²) in [6, 6.07) is 14.3. The number of aromatic carboxylic acids is 1. The Bertz CT molecular complexity index is 1190. The van der Waals surface area contributed by atoms with Crippen molar-refractivity contribution >= 4 is 32.5 Å². The van der Waals surface area contributed by atoms with Crippen molar-refractivity contribution in [2.24, 2.45) is 0 Å². The molecule has 0 fully saturated rings. The quantitative estimate of drug-likeness (QED) is 0.656. The molecule has 0 amide bonds. The molecule has 0 aromatic heterocycles. The summed E-state index contributed by atoms with van der Waals surface area (Å²) < 4.78 is 40.5. The molecule has 28 heavy (non-hydrogen) atoms. The Morgan fingerprint density at radius 3 is 2.43 bits per heavy atom. The molecular weight excluding hydrogens is 381 g/mol. The molecule has 1 aliphatic carbocycles. The molecule has 0 saturated carbocycles. The van der Waals surface area contributed by atoms with Crippen LogP contribution in [0, 0.1) is 0 Å². The molecule has 0 unspecified atom stereocenters. The Balaban J connectivity index is 1.83. The van der Waals surface area contributed by atoms with Crippen LogP contribution in [0.1, 0.15) is 34.3 Å². The van der Waals surface area contributed by atoms with Gasteiger partial charge in [0.25, 0.3) is 10.0 Å². The van der Waals surface area contributed by atoms with Gasteiger partial charge in [-0.25, -0.2) is 4.79 Å². The maximum absolute atomic E-state index is 15.2. The van der Waals surface area contributed by atoms with E-state index < -0.39 is 26.2 Å². The normalized spacial score (nSPS) is 13.9. The second-order valence-corrected chi connectivity index (χ2v) is 8.58. The van der Waals surface area contributed by atoms with Gasteiger partial charge >= 0.3 is 5.97 Å². The lowest BCUT2D eigenvalue weighted by Crippen LogP contribution is -2.25. The maximum Gasteiger partial charge on any atom is 0.338 e. The lowest BCUT2D eigenvalue weighted by Gasteiger charge is -2.23. The van der Waals surface area contributed by atoms with Crippen molar-refractivity contribution in [3.63, 3.8) is 0 Å². The van der Waals surface area contributed by atoms with E-state index in [2.05, 4.69) is 0 Å². The number of rotatable bonds is 4. The molecule has 5 nitrogen and oxygen atoms in total. The summed E-state index contributed by atoms with van der Waals surface area (Å²) in [6.07, 6.45) is 2.93. The highest BCUT2D eigenvalue weighted by Crippen LogP contribution is 2.35. The molecule has 0 spiro atoms. The van der Waals surface area contributed by atoms with Crippen LogP contribution >= 0.6 is 0 Å². The van der Waals surface area contributed by atoms with Crippen LogP contribution in [0.5, 0.6) is 0 Å². The highest BCUT2D eigenvalue weighted by molar-refractivity contribution is 7.92. The molecule has 0 heterocycles. The predicted octanol–water partition coefficient (Wildman–Crippen LogP) is 4.50. The summed E-state index contributed by atoms with van der Waals surface area (Å²) in [7, 11) is -4.56. The summed E-state index contributed by atoms with van der Waals surface area (Å²) in [5, 5.41) is 11.1. The monoisotopic (exact) mass is 399 g/mol. The van der Waals surface area contributed by atoms with E-state index in [1.807, 2.05) is 12.1 Å². The number of carbonyl (C=O) groups is 1. The average molecular weight is 399 g/mol. The van der Waals surface area contributed by atoms with E-state index in [1.165, 1.54) is 18.2 Å². The van der Waals surface area contributed by atoms with Crippen molar-refractivity contribution in [3.05, 3.63) is 71.3 Å². The van der Waals surface area contributed by atoms with Crippen LogP contribution < -0.4 is 4.53 Å². The number of halogens is 1. The van der Waals surface area contributed by atoms with Crippen LogP contribution in [0.4, 0.5) is 10.2 Å². The molecule has 1 aliphatic rings. The van der Waals surface area contributed by atoms with Crippen molar-refractivity contribution in [1.82, 2.24) is 0 Å². The molecule has 3 aromatic rings. The molecule has 0 bridgehead atoms. The van der Waals surface area contributed by atoms with Gasteiger partial charge < -0.3 is 5.11 Å². The van der Waals surface area contributed by atoms with Crippen molar-refractivity contribution in [1.29, 1.82) is 0 Å². The van der Waals surface area contributed by atoms with Gasteiger partial charge in [0.15, 0.2) is 0 Å². The fraction of sp³-hybridized carbons (Fsp3) is 0.190.